The molecule has 1 aliphatic heterocycles. The van der Waals surface area contributed by atoms with E-state index in [2.05, 4.69) is 5.32 Å². The van der Waals surface area contributed by atoms with E-state index in [0.29, 0.717) is 24.9 Å². The summed E-state index contributed by atoms with van der Waals surface area (Å²) in [6.07, 6.45) is 3.99. The highest BCUT2D eigenvalue weighted by Crippen LogP contribution is 2.18. The lowest BCUT2D eigenvalue weighted by Gasteiger charge is -2.21. The van der Waals surface area contributed by atoms with Gasteiger partial charge in [0, 0.05) is 19.5 Å². The third kappa shape index (κ3) is 3.17. The second-order valence-electron chi connectivity index (χ2n) is 4.60. The molecule has 7 heteroatoms. The Morgan fingerprint density at radius 3 is 2.90 bits per heavy atom. The number of furan rings is 1. The van der Waals surface area contributed by atoms with Crippen LogP contribution in [0, 0.1) is 0 Å². The molecule has 20 heavy (non-hydrogen) atoms. The van der Waals surface area contributed by atoms with Crippen molar-refractivity contribution in [3.05, 3.63) is 24.2 Å². The van der Waals surface area contributed by atoms with Crippen LogP contribution in [0.4, 0.5) is 0 Å². The van der Waals surface area contributed by atoms with Crippen molar-refractivity contribution in [2.24, 2.45) is 0 Å². The average Bonchev–Trinajstić information content (AvgIpc) is 3.09. The van der Waals surface area contributed by atoms with E-state index in [-0.39, 0.29) is 24.8 Å². The van der Waals surface area contributed by atoms with E-state index in [1.165, 1.54) is 23.5 Å². The van der Waals surface area contributed by atoms with Gasteiger partial charge >= 0.3 is 5.97 Å². The van der Waals surface area contributed by atoms with Gasteiger partial charge in [0.1, 0.15) is 12.3 Å². The summed E-state index contributed by atoms with van der Waals surface area (Å²) in [6, 6.07) is 0.796. The molecule has 2 N–H and O–H groups in total. The third-order valence-electron chi connectivity index (χ3n) is 3.27. The lowest BCUT2D eigenvalue weighted by molar-refractivity contribution is -0.148. The van der Waals surface area contributed by atoms with Gasteiger partial charge in [-0.3, -0.25) is 9.59 Å². The molecule has 2 amide bonds. The molecule has 1 fully saturated rings. The van der Waals surface area contributed by atoms with Crippen LogP contribution < -0.4 is 5.32 Å². The third-order valence-corrected chi connectivity index (χ3v) is 3.27. The van der Waals surface area contributed by atoms with E-state index in [4.69, 9.17) is 9.52 Å². The minimum absolute atomic E-state index is 0.0906. The molecule has 0 saturated carbocycles. The van der Waals surface area contributed by atoms with Gasteiger partial charge < -0.3 is 19.7 Å². The lowest BCUT2D eigenvalue weighted by Crippen LogP contribution is -2.41. The Labute approximate surface area is 115 Å². The quantitative estimate of drug-likeness (QED) is 0.817. The Morgan fingerprint density at radius 1 is 1.45 bits per heavy atom. The van der Waals surface area contributed by atoms with Crippen LogP contribution in [-0.4, -0.2) is 46.9 Å². The average molecular weight is 280 g/mol. The summed E-state index contributed by atoms with van der Waals surface area (Å²) >= 11 is 0. The number of rotatable bonds is 5. The van der Waals surface area contributed by atoms with Crippen molar-refractivity contribution in [1.82, 2.24) is 10.2 Å². The highest BCUT2D eigenvalue weighted by molar-refractivity contribution is 5.94. The van der Waals surface area contributed by atoms with E-state index in [9.17, 15) is 14.4 Å². The molecule has 0 spiro atoms. The molecular formula is C13H16N2O5. The molecule has 0 aromatic carbocycles. The standard InChI is InChI=1S/C13H16N2O5/c16-11(15-6-1-2-10(15)13(18)19)3-5-14-12(17)9-4-7-20-8-9/h4,7-8,10H,1-3,5-6H2,(H,14,17)(H,18,19). The molecule has 1 aliphatic rings. The Bertz CT molecular complexity index is 497. The number of carbonyl (C=O) groups excluding carboxylic acids is 2. The van der Waals surface area contributed by atoms with Gasteiger partial charge in [-0.25, -0.2) is 4.79 Å². The van der Waals surface area contributed by atoms with Crippen LogP contribution in [0.1, 0.15) is 29.6 Å². The first kappa shape index (κ1) is 14.1. The van der Waals surface area contributed by atoms with Crippen molar-refractivity contribution in [2.45, 2.75) is 25.3 Å². The van der Waals surface area contributed by atoms with E-state index >= 15 is 0 Å². The zero-order valence-electron chi connectivity index (χ0n) is 10.9. The van der Waals surface area contributed by atoms with E-state index in [1.54, 1.807) is 0 Å². The SMILES string of the molecule is O=C(NCCC(=O)N1CCCC1C(=O)O)c1ccoc1. The van der Waals surface area contributed by atoms with Crippen molar-refractivity contribution < 1.29 is 23.9 Å². The second-order valence-corrected chi connectivity index (χ2v) is 4.60. The van der Waals surface area contributed by atoms with Gasteiger partial charge in [0.05, 0.1) is 11.8 Å². The Kier molecular flexibility index (Phi) is 4.39. The number of nitrogens with zero attached hydrogens (tertiary/aromatic N) is 1. The number of amides is 2. The summed E-state index contributed by atoms with van der Waals surface area (Å²) in [5, 5.41) is 11.6. The predicted octanol–water partition coefficient (Wildman–Crippen LogP) is 0.475. The predicted molar refractivity (Wildman–Crippen MR) is 68.0 cm³/mol. The monoisotopic (exact) mass is 280 g/mol. The maximum absolute atomic E-state index is 11.9. The summed E-state index contributed by atoms with van der Waals surface area (Å²) in [5.74, 6) is -1.54. The van der Waals surface area contributed by atoms with Crippen LogP contribution in [0.5, 0.6) is 0 Å². The van der Waals surface area contributed by atoms with E-state index in [1.807, 2.05) is 0 Å². The van der Waals surface area contributed by atoms with Gasteiger partial charge in [-0.2, -0.15) is 0 Å². The second kappa shape index (κ2) is 6.23. The minimum atomic E-state index is -0.974. The van der Waals surface area contributed by atoms with Crippen LogP contribution >= 0.6 is 0 Å². The molecule has 1 saturated heterocycles. The Balaban J connectivity index is 1.78. The van der Waals surface area contributed by atoms with Gasteiger partial charge in [-0.1, -0.05) is 0 Å². The summed E-state index contributed by atoms with van der Waals surface area (Å²) in [4.78, 5) is 35.9. The van der Waals surface area contributed by atoms with Gasteiger partial charge in [0.25, 0.3) is 5.91 Å². The number of carboxylic acid groups (broad SMARTS) is 1. The largest absolute Gasteiger partial charge is 0.480 e. The van der Waals surface area contributed by atoms with E-state index in [0.717, 1.165) is 0 Å². The molecule has 2 rings (SSSR count). The van der Waals surface area contributed by atoms with Crippen molar-refractivity contribution in [3.8, 4) is 0 Å². The van der Waals surface area contributed by atoms with E-state index < -0.39 is 12.0 Å². The molecule has 7 nitrogen and oxygen atoms in total. The molecule has 1 unspecified atom stereocenters. The van der Waals surface area contributed by atoms with Gasteiger partial charge in [-0.05, 0) is 18.9 Å². The summed E-state index contributed by atoms with van der Waals surface area (Å²) in [5.41, 5.74) is 0.391. The van der Waals surface area contributed by atoms with Gasteiger partial charge in [-0.15, -0.1) is 0 Å². The number of hydrogen-bond donors (Lipinski definition) is 2. The first-order chi connectivity index (χ1) is 9.59. The smallest absolute Gasteiger partial charge is 0.326 e. The van der Waals surface area contributed by atoms with Gasteiger partial charge in [0.2, 0.25) is 5.91 Å². The zero-order chi connectivity index (χ0) is 14.5. The van der Waals surface area contributed by atoms with Crippen LogP contribution in [0.25, 0.3) is 0 Å². The van der Waals surface area contributed by atoms with Crippen LogP contribution in [0.15, 0.2) is 23.0 Å². The maximum Gasteiger partial charge on any atom is 0.326 e. The Morgan fingerprint density at radius 2 is 2.25 bits per heavy atom. The molecule has 0 bridgehead atoms. The maximum atomic E-state index is 11.9. The topological polar surface area (TPSA) is 99.9 Å². The molecule has 0 radical (unpaired) electrons. The van der Waals surface area contributed by atoms with Crippen LogP contribution in [-0.2, 0) is 9.59 Å². The van der Waals surface area contributed by atoms with Gasteiger partial charge in [0.15, 0.2) is 0 Å². The van der Waals surface area contributed by atoms with Crippen molar-refractivity contribution in [1.29, 1.82) is 0 Å². The fraction of sp³-hybridized carbons (Fsp3) is 0.462. The number of carbonyl (C=O) groups is 3. The number of aliphatic carboxylic acids is 1. The zero-order valence-corrected chi connectivity index (χ0v) is 10.9. The van der Waals surface area contributed by atoms with Crippen molar-refractivity contribution >= 4 is 17.8 Å². The first-order valence-electron chi connectivity index (χ1n) is 6.42. The lowest BCUT2D eigenvalue weighted by atomic mass is 10.2. The van der Waals surface area contributed by atoms with Crippen molar-refractivity contribution in [3.63, 3.8) is 0 Å². The fourth-order valence-electron chi connectivity index (χ4n) is 2.24. The number of nitrogens with one attached hydrogen (secondary N) is 1. The highest BCUT2D eigenvalue weighted by atomic mass is 16.4. The van der Waals surface area contributed by atoms with Crippen LogP contribution in [0.3, 0.4) is 0 Å². The molecule has 1 aromatic heterocycles. The highest BCUT2D eigenvalue weighted by Gasteiger charge is 2.33. The normalized spacial score (nSPS) is 18.0. The number of hydrogen-bond acceptors (Lipinski definition) is 4. The first-order valence-corrected chi connectivity index (χ1v) is 6.42. The van der Waals surface area contributed by atoms with Crippen LogP contribution in [0.2, 0.25) is 0 Å². The summed E-state index contributed by atoms with van der Waals surface area (Å²) in [7, 11) is 0. The molecule has 108 valence electrons. The molecule has 0 aliphatic carbocycles. The molecule has 1 atom stereocenters. The minimum Gasteiger partial charge on any atom is -0.480 e. The number of likely N-dealkylation sites (tertiary alicyclic amines) is 1. The molecular weight excluding hydrogens is 264 g/mol. The molecule has 2 heterocycles. The Hall–Kier alpha value is -2.31. The fourth-order valence-corrected chi connectivity index (χ4v) is 2.24. The molecule has 1 aromatic rings. The number of carboxylic acids is 1. The summed E-state index contributed by atoms with van der Waals surface area (Å²) < 4.78 is 4.78. The summed E-state index contributed by atoms with van der Waals surface area (Å²) in [6.45, 7) is 0.636. The van der Waals surface area contributed by atoms with Crippen molar-refractivity contribution in [2.75, 3.05) is 13.1 Å².